The molecule has 1 N–H and O–H groups in total. The molecule has 10 heteroatoms. The average Bonchev–Trinajstić information content (AvgIpc) is 3.46. The number of furan rings is 1. The minimum Gasteiger partial charge on any atom is -0.455 e. The van der Waals surface area contributed by atoms with Crippen LogP contribution in [0.25, 0.3) is 11.7 Å². The van der Waals surface area contributed by atoms with Crippen LogP contribution in [0.2, 0.25) is 0 Å². The third kappa shape index (κ3) is 4.03. The molecule has 0 spiro atoms. The number of oxazole rings is 1. The lowest BCUT2D eigenvalue weighted by Crippen LogP contribution is -2.35. The van der Waals surface area contributed by atoms with Crippen molar-refractivity contribution >= 4 is 15.9 Å². The number of hydrogen-bond donors (Lipinski definition) is 1. The van der Waals surface area contributed by atoms with E-state index in [9.17, 15) is 13.7 Å². The monoisotopic (exact) mass is 420 g/mol. The molecule has 0 amide bonds. The van der Waals surface area contributed by atoms with Crippen LogP contribution in [-0.2, 0) is 14.8 Å². The summed E-state index contributed by atoms with van der Waals surface area (Å²) in [5, 5.41) is 12.4. The van der Waals surface area contributed by atoms with Crippen LogP contribution in [-0.4, -0.2) is 50.1 Å². The van der Waals surface area contributed by atoms with Crippen molar-refractivity contribution in [3.63, 3.8) is 0 Å². The zero-order valence-electron chi connectivity index (χ0n) is 16.3. The summed E-state index contributed by atoms with van der Waals surface area (Å²) in [7, 11) is -3.64. The molecule has 0 unspecified atom stereocenters. The molecular formula is C19H24N4O5S. The number of ether oxygens (including phenoxy) is 1. The number of sulfonamides is 1. The Hall–Kier alpha value is -2.35. The number of nitrogens with one attached hydrogen (secondary N) is 1. The zero-order valence-corrected chi connectivity index (χ0v) is 17.1. The number of piperidine rings is 1. The zero-order chi connectivity index (χ0) is 20.4. The lowest BCUT2D eigenvalue weighted by atomic mass is 10.2. The fraction of sp³-hybridized carbons (Fsp3) is 0.579. The van der Waals surface area contributed by atoms with E-state index in [2.05, 4.69) is 10.3 Å². The molecule has 2 fully saturated rings. The normalized spacial score (nSPS) is 20.6. The molecule has 2 aliphatic heterocycles. The molecule has 2 aromatic rings. The van der Waals surface area contributed by atoms with Crippen molar-refractivity contribution < 1.29 is 22.0 Å². The Kier molecular flexibility index (Phi) is 5.63. The van der Waals surface area contributed by atoms with Gasteiger partial charge in [0.05, 0.1) is 6.10 Å². The second-order valence-electron chi connectivity index (χ2n) is 7.32. The maximum absolute atomic E-state index is 13.0. The largest absolute Gasteiger partial charge is 0.455 e. The summed E-state index contributed by atoms with van der Waals surface area (Å²) in [6.45, 7) is 3.87. The van der Waals surface area contributed by atoms with Crippen molar-refractivity contribution in [1.82, 2.24) is 9.29 Å². The topological polar surface area (TPSA) is 122 Å². The Balaban J connectivity index is 1.57. The van der Waals surface area contributed by atoms with Gasteiger partial charge in [-0.05, 0) is 32.6 Å². The number of aromatic nitrogens is 1. The Morgan fingerprint density at radius 3 is 2.76 bits per heavy atom. The standard InChI is InChI=1S/C19H24N4O5S/c1-13-17(29(24,25)23-7-3-2-4-8-23)10-16(27-13)19-22-15(11-20)18(28-19)21-12-14-6-5-9-26-14/h10,14,21H,2-9,12H2,1H3/t14-/m0/s1. The number of nitriles is 1. The van der Waals surface area contributed by atoms with Crippen LogP contribution in [0, 0.1) is 18.3 Å². The molecule has 4 rings (SSSR count). The van der Waals surface area contributed by atoms with Crippen molar-refractivity contribution in [1.29, 1.82) is 5.26 Å². The van der Waals surface area contributed by atoms with Crippen molar-refractivity contribution in [3.05, 3.63) is 17.5 Å². The SMILES string of the molecule is Cc1oc(-c2nc(C#N)c(NC[C@@H]3CCCO3)o2)cc1S(=O)(=O)N1CCCCC1. The number of nitrogens with zero attached hydrogens (tertiary/aromatic N) is 3. The van der Waals surface area contributed by atoms with Crippen LogP contribution >= 0.6 is 0 Å². The highest BCUT2D eigenvalue weighted by Gasteiger charge is 2.31. The first-order valence-corrected chi connectivity index (χ1v) is 11.3. The summed E-state index contributed by atoms with van der Waals surface area (Å²) >= 11 is 0. The van der Waals surface area contributed by atoms with Gasteiger partial charge in [0.25, 0.3) is 5.89 Å². The van der Waals surface area contributed by atoms with E-state index in [1.165, 1.54) is 10.4 Å². The lowest BCUT2D eigenvalue weighted by molar-refractivity contribution is 0.120. The first-order valence-electron chi connectivity index (χ1n) is 9.86. The van der Waals surface area contributed by atoms with Crippen molar-refractivity contribution in [3.8, 4) is 17.7 Å². The minimum absolute atomic E-state index is 0.0691. The summed E-state index contributed by atoms with van der Waals surface area (Å²) in [6, 6.07) is 3.41. The average molecular weight is 420 g/mol. The Labute approximate surface area is 169 Å². The van der Waals surface area contributed by atoms with Gasteiger partial charge in [-0.25, -0.2) is 8.42 Å². The maximum Gasteiger partial charge on any atom is 0.266 e. The van der Waals surface area contributed by atoms with Crippen LogP contribution < -0.4 is 5.32 Å². The van der Waals surface area contributed by atoms with E-state index in [4.69, 9.17) is 13.6 Å². The predicted molar refractivity (Wildman–Crippen MR) is 104 cm³/mol. The van der Waals surface area contributed by atoms with Gasteiger partial charge in [0.15, 0.2) is 5.76 Å². The van der Waals surface area contributed by atoms with E-state index in [0.29, 0.717) is 19.6 Å². The summed E-state index contributed by atoms with van der Waals surface area (Å²) in [4.78, 5) is 4.27. The highest BCUT2D eigenvalue weighted by molar-refractivity contribution is 7.89. The van der Waals surface area contributed by atoms with E-state index in [-0.39, 0.29) is 40.0 Å². The van der Waals surface area contributed by atoms with E-state index in [1.54, 1.807) is 6.92 Å². The van der Waals surface area contributed by atoms with Crippen molar-refractivity contribution in [2.24, 2.45) is 0 Å². The molecule has 0 radical (unpaired) electrons. The molecule has 0 bridgehead atoms. The molecule has 0 saturated carbocycles. The molecular weight excluding hydrogens is 396 g/mol. The van der Waals surface area contributed by atoms with Crippen LogP contribution in [0.1, 0.15) is 43.6 Å². The van der Waals surface area contributed by atoms with Gasteiger partial charge < -0.3 is 18.9 Å². The number of hydrogen-bond acceptors (Lipinski definition) is 8. The molecule has 2 aromatic heterocycles. The molecule has 0 aromatic carbocycles. The second kappa shape index (κ2) is 8.18. The van der Waals surface area contributed by atoms with E-state index in [1.807, 2.05) is 6.07 Å². The van der Waals surface area contributed by atoms with Crippen molar-refractivity contribution in [2.45, 2.75) is 50.0 Å². The Morgan fingerprint density at radius 1 is 1.28 bits per heavy atom. The molecule has 2 aliphatic rings. The van der Waals surface area contributed by atoms with Gasteiger partial charge in [0, 0.05) is 32.3 Å². The first kappa shape index (κ1) is 19.9. The van der Waals surface area contributed by atoms with E-state index >= 15 is 0 Å². The van der Waals surface area contributed by atoms with Gasteiger partial charge in [-0.15, -0.1) is 0 Å². The summed E-state index contributed by atoms with van der Waals surface area (Å²) in [5.41, 5.74) is 0.0903. The van der Waals surface area contributed by atoms with Crippen LogP contribution in [0.3, 0.4) is 0 Å². The van der Waals surface area contributed by atoms with Gasteiger partial charge in [-0.1, -0.05) is 6.42 Å². The molecule has 29 heavy (non-hydrogen) atoms. The van der Waals surface area contributed by atoms with Gasteiger partial charge in [0.2, 0.25) is 21.6 Å². The number of anilines is 1. The van der Waals surface area contributed by atoms with Gasteiger partial charge in [-0.2, -0.15) is 14.6 Å². The highest BCUT2D eigenvalue weighted by atomic mass is 32.2. The smallest absolute Gasteiger partial charge is 0.266 e. The molecule has 9 nitrogen and oxygen atoms in total. The van der Waals surface area contributed by atoms with Crippen LogP contribution in [0.15, 0.2) is 19.8 Å². The Morgan fingerprint density at radius 2 is 2.07 bits per heavy atom. The number of aryl methyl sites for hydroxylation is 1. The van der Waals surface area contributed by atoms with E-state index < -0.39 is 10.0 Å². The minimum atomic E-state index is -3.64. The van der Waals surface area contributed by atoms with Crippen LogP contribution in [0.5, 0.6) is 0 Å². The number of rotatable bonds is 6. The lowest BCUT2D eigenvalue weighted by Gasteiger charge is -2.25. The quantitative estimate of drug-likeness (QED) is 0.757. The third-order valence-electron chi connectivity index (χ3n) is 5.26. The second-order valence-corrected chi connectivity index (χ2v) is 9.23. The Bertz CT molecular complexity index is 1010. The van der Waals surface area contributed by atoms with Gasteiger partial charge >= 0.3 is 0 Å². The molecule has 1 atom stereocenters. The molecule has 2 saturated heterocycles. The molecule has 0 aliphatic carbocycles. The summed E-state index contributed by atoms with van der Waals surface area (Å²) in [5.74, 6) is 0.753. The van der Waals surface area contributed by atoms with Gasteiger partial charge in [-0.3, -0.25) is 0 Å². The summed E-state index contributed by atoms with van der Waals surface area (Å²) < 4.78 is 44.3. The fourth-order valence-electron chi connectivity index (χ4n) is 3.70. The molecule has 4 heterocycles. The maximum atomic E-state index is 13.0. The third-order valence-corrected chi connectivity index (χ3v) is 7.27. The predicted octanol–water partition coefficient (Wildman–Crippen LogP) is 2.88. The molecule has 156 valence electrons. The van der Waals surface area contributed by atoms with E-state index in [0.717, 1.165) is 38.7 Å². The van der Waals surface area contributed by atoms with Crippen molar-refractivity contribution in [2.75, 3.05) is 31.6 Å². The first-order chi connectivity index (χ1) is 14.0. The van der Waals surface area contributed by atoms with Crippen LogP contribution in [0.4, 0.5) is 5.88 Å². The van der Waals surface area contributed by atoms with Gasteiger partial charge in [0.1, 0.15) is 16.7 Å². The summed E-state index contributed by atoms with van der Waals surface area (Å²) in [6.07, 6.45) is 4.78. The highest BCUT2D eigenvalue weighted by Crippen LogP contribution is 2.33. The fourth-order valence-corrected chi connectivity index (χ4v) is 5.38.